The molecule has 0 fully saturated rings. The number of nitrogens with one attached hydrogen (secondary N) is 2. The molecule has 0 bridgehead atoms. The summed E-state index contributed by atoms with van der Waals surface area (Å²) in [6.45, 7) is 7.31. The topological polar surface area (TPSA) is 67.1 Å². The van der Waals surface area contributed by atoms with Gasteiger partial charge in [-0.15, -0.1) is 10.2 Å². The van der Waals surface area contributed by atoms with Gasteiger partial charge in [0.25, 0.3) is 0 Å². The van der Waals surface area contributed by atoms with Crippen LogP contribution in [0, 0.1) is 0 Å². The molecular formula is C24H32N6. The third-order valence-corrected chi connectivity index (χ3v) is 5.07. The van der Waals surface area contributed by atoms with Gasteiger partial charge in [0.15, 0.2) is 5.96 Å². The summed E-state index contributed by atoms with van der Waals surface area (Å²) in [6, 6.07) is 21.3. The minimum atomic E-state index is 0.327. The van der Waals surface area contributed by atoms with Gasteiger partial charge in [-0.25, -0.2) is 0 Å². The highest BCUT2D eigenvalue weighted by Crippen LogP contribution is 2.21. The van der Waals surface area contributed by atoms with E-state index in [1.54, 1.807) is 6.33 Å². The molecule has 6 nitrogen and oxygen atoms in total. The van der Waals surface area contributed by atoms with E-state index < -0.39 is 0 Å². The Balaban J connectivity index is 1.65. The molecule has 1 heterocycles. The van der Waals surface area contributed by atoms with Crippen LogP contribution in [0.25, 0.3) is 0 Å². The first-order valence-electron chi connectivity index (χ1n) is 10.8. The summed E-state index contributed by atoms with van der Waals surface area (Å²) in [6.07, 6.45) is 3.64. The summed E-state index contributed by atoms with van der Waals surface area (Å²) < 4.78 is 2.08. The van der Waals surface area contributed by atoms with Crippen LogP contribution in [-0.2, 0) is 19.4 Å². The molecule has 0 amide bonds. The number of rotatable bonds is 10. The fraction of sp³-hybridized carbons (Fsp3) is 0.375. The smallest absolute Gasteiger partial charge is 0.191 e. The van der Waals surface area contributed by atoms with Crippen LogP contribution >= 0.6 is 0 Å². The number of guanidine groups is 1. The maximum absolute atomic E-state index is 4.90. The van der Waals surface area contributed by atoms with Gasteiger partial charge in [0.2, 0.25) is 0 Å². The monoisotopic (exact) mass is 404 g/mol. The van der Waals surface area contributed by atoms with Crippen molar-refractivity contribution < 1.29 is 0 Å². The van der Waals surface area contributed by atoms with Crippen molar-refractivity contribution in [2.45, 2.75) is 39.2 Å². The van der Waals surface area contributed by atoms with Crippen molar-refractivity contribution >= 4 is 5.96 Å². The molecule has 0 saturated carbocycles. The van der Waals surface area contributed by atoms with E-state index in [4.69, 9.17) is 4.99 Å². The second-order valence-corrected chi connectivity index (χ2v) is 7.24. The Morgan fingerprint density at radius 3 is 2.43 bits per heavy atom. The van der Waals surface area contributed by atoms with Gasteiger partial charge in [0, 0.05) is 38.5 Å². The van der Waals surface area contributed by atoms with Crippen molar-refractivity contribution in [1.82, 2.24) is 25.4 Å². The predicted octanol–water partition coefficient (Wildman–Crippen LogP) is 3.42. The van der Waals surface area contributed by atoms with Crippen molar-refractivity contribution in [3.8, 4) is 0 Å². The second-order valence-electron chi connectivity index (χ2n) is 7.24. The van der Waals surface area contributed by atoms with E-state index >= 15 is 0 Å². The lowest BCUT2D eigenvalue weighted by Crippen LogP contribution is -2.39. The molecule has 0 saturated heterocycles. The van der Waals surface area contributed by atoms with Gasteiger partial charge < -0.3 is 15.2 Å². The molecule has 30 heavy (non-hydrogen) atoms. The number of benzene rings is 2. The zero-order chi connectivity index (χ0) is 21.0. The molecule has 0 aliphatic carbocycles. The molecule has 3 rings (SSSR count). The Morgan fingerprint density at radius 1 is 1.00 bits per heavy atom. The average Bonchev–Trinajstić information content (AvgIpc) is 3.25. The van der Waals surface area contributed by atoms with Crippen LogP contribution in [0.5, 0.6) is 0 Å². The van der Waals surface area contributed by atoms with Crippen LogP contribution < -0.4 is 10.6 Å². The van der Waals surface area contributed by atoms with E-state index in [1.165, 1.54) is 11.1 Å². The van der Waals surface area contributed by atoms with Crippen molar-refractivity contribution in [1.29, 1.82) is 0 Å². The Kier molecular flexibility index (Phi) is 8.45. The first-order chi connectivity index (χ1) is 14.8. The SMILES string of the molecule is CCNC(=NCC(Cc1ccccc1)c1ccccc1)NCCn1cnnc1CC. The molecule has 0 radical (unpaired) electrons. The largest absolute Gasteiger partial charge is 0.357 e. The van der Waals surface area contributed by atoms with Crippen LogP contribution in [0.1, 0.15) is 36.7 Å². The Bertz CT molecular complexity index is 888. The van der Waals surface area contributed by atoms with Crippen LogP contribution in [0.3, 0.4) is 0 Å². The number of hydrogen-bond donors (Lipinski definition) is 2. The number of aromatic nitrogens is 3. The number of nitrogens with zero attached hydrogens (tertiary/aromatic N) is 4. The van der Waals surface area contributed by atoms with E-state index in [2.05, 4.69) is 99.9 Å². The average molecular weight is 405 g/mol. The van der Waals surface area contributed by atoms with E-state index in [9.17, 15) is 0 Å². The van der Waals surface area contributed by atoms with Crippen LogP contribution in [0.2, 0.25) is 0 Å². The summed E-state index contributed by atoms with van der Waals surface area (Å²) in [5.41, 5.74) is 2.65. The quantitative estimate of drug-likeness (QED) is 0.401. The molecule has 158 valence electrons. The number of hydrogen-bond acceptors (Lipinski definition) is 3. The molecule has 6 heteroatoms. The van der Waals surface area contributed by atoms with Gasteiger partial charge in [-0.3, -0.25) is 4.99 Å². The molecule has 1 atom stereocenters. The maximum atomic E-state index is 4.90. The first-order valence-corrected chi connectivity index (χ1v) is 10.8. The van der Waals surface area contributed by atoms with Gasteiger partial charge in [-0.1, -0.05) is 67.6 Å². The third kappa shape index (κ3) is 6.44. The van der Waals surface area contributed by atoms with Gasteiger partial charge in [-0.2, -0.15) is 0 Å². The molecule has 1 unspecified atom stereocenters. The van der Waals surface area contributed by atoms with E-state index in [-0.39, 0.29) is 0 Å². The van der Waals surface area contributed by atoms with Gasteiger partial charge in [-0.05, 0) is 24.5 Å². The summed E-state index contributed by atoms with van der Waals surface area (Å²) in [5.74, 6) is 2.18. The zero-order valence-corrected chi connectivity index (χ0v) is 18.0. The second kappa shape index (κ2) is 11.8. The van der Waals surface area contributed by atoms with Crippen LogP contribution in [0.4, 0.5) is 0 Å². The Hall–Kier alpha value is -3.15. The highest BCUT2D eigenvalue weighted by atomic mass is 15.3. The Morgan fingerprint density at radius 2 is 1.73 bits per heavy atom. The first kappa shape index (κ1) is 21.6. The molecule has 2 N–H and O–H groups in total. The van der Waals surface area contributed by atoms with Crippen LogP contribution in [-0.4, -0.2) is 40.4 Å². The summed E-state index contributed by atoms with van der Waals surface area (Å²) in [4.78, 5) is 4.90. The van der Waals surface area contributed by atoms with E-state index in [1.807, 2.05) is 0 Å². The molecule has 2 aromatic carbocycles. The molecular weight excluding hydrogens is 372 g/mol. The molecule has 0 spiro atoms. The number of aliphatic imine (C=N–C) groups is 1. The normalized spacial score (nSPS) is 12.5. The molecule has 1 aromatic heterocycles. The van der Waals surface area contributed by atoms with Crippen molar-refractivity contribution in [3.05, 3.63) is 83.9 Å². The molecule has 3 aromatic rings. The fourth-order valence-electron chi connectivity index (χ4n) is 3.49. The van der Waals surface area contributed by atoms with Gasteiger partial charge in [0.05, 0.1) is 0 Å². The standard InChI is InChI=1S/C24H32N6/c1-3-23-29-28-19-30(23)16-15-26-24(25-4-2)27-18-22(21-13-9-6-10-14-21)17-20-11-7-5-8-12-20/h5-14,19,22H,3-4,15-18H2,1-2H3,(H2,25,26,27). The Labute approximate surface area is 179 Å². The summed E-state index contributed by atoms with van der Waals surface area (Å²) >= 11 is 0. The lowest BCUT2D eigenvalue weighted by atomic mass is 9.92. The lowest BCUT2D eigenvalue weighted by Gasteiger charge is -2.18. The zero-order valence-electron chi connectivity index (χ0n) is 18.0. The fourth-order valence-corrected chi connectivity index (χ4v) is 3.49. The third-order valence-electron chi connectivity index (χ3n) is 5.07. The van der Waals surface area contributed by atoms with E-state index in [0.29, 0.717) is 5.92 Å². The highest BCUT2D eigenvalue weighted by molar-refractivity contribution is 5.79. The lowest BCUT2D eigenvalue weighted by molar-refractivity contribution is 0.629. The van der Waals surface area contributed by atoms with Crippen LogP contribution in [0.15, 0.2) is 72.0 Å². The highest BCUT2D eigenvalue weighted by Gasteiger charge is 2.12. The van der Waals surface area contributed by atoms with Gasteiger partial charge >= 0.3 is 0 Å². The minimum absolute atomic E-state index is 0.327. The molecule has 0 aliphatic heterocycles. The van der Waals surface area contributed by atoms with Crippen molar-refractivity contribution in [2.24, 2.45) is 4.99 Å². The summed E-state index contributed by atoms with van der Waals surface area (Å²) in [7, 11) is 0. The van der Waals surface area contributed by atoms with E-state index in [0.717, 1.165) is 50.8 Å². The predicted molar refractivity (Wildman–Crippen MR) is 123 cm³/mol. The van der Waals surface area contributed by atoms with Crippen molar-refractivity contribution in [2.75, 3.05) is 19.6 Å². The van der Waals surface area contributed by atoms with Gasteiger partial charge in [0.1, 0.15) is 12.2 Å². The maximum Gasteiger partial charge on any atom is 0.191 e. The molecule has 0 aliphatic rings. The van der Waals surface area contributed by atoms with Crippen molar-refractivity contribution in [3.63, 3.8) is 0 Å². The minimum Gasteiger partial charge on any atom is -0.357 e. The summed E-state index contributed by atoms with van der Waals surface area (Å²) in [5, 5.41) is 14.9. The number of aryl methyl sites for hydroxylation is 1.